The van der Waals surface area contributed by atoms with Crippen LogP contribution in [0.1, 0.15) is 76.6 Å². The summed E-state index contributed by atoms with van der Waals surface area (Å²) in [5.74, 6) is -8.01. The van der Waals surface area contributed by atoms with Crippen molar-refractivity contribution in [3.63, 3.8) is 0 Å². The quantitative estimate of drug-likeness (QED) is 0.0295. The number of carbonyl (C=O) groups is 8. The first-order valence-corrected chi connectivity index (χ1v) is 26.5. The van der Waals surface area contributed by atoms with Crippen molar-refractivity contribution >= 4 is 58.9 Å². The molecule has 79 heavy (non-hydrogen) atoms. The lowest BCUT2D eigenvalue weighted by molar-refractivity contribution is -0.192. The number of benzene rings is 2. The van der Waals surface area contributed by atoms with Crippen LogP contribution in [0.15, 0.2) is 72.9 Å². The van der Waals surface area contributed by atoms with E-state index >= 15 is 4.39 Å². The van der Waals surface area contributed by atoms with E-state index in [0.29, 0.717) is 63.6 Å². The fourth-order valence-electron chi connectivity index (χ4n) is 7.90. The molecule has 1 aliphatic rings. The van der Waals surface area contributed by atoms with Gasteiger partial charge in [0.15, 0.2) is 0 Å². The Balaban J connectivity index is 0.00000219. The lowest BCUT2D eigenvalue weighted by Crippen LogP contribution is -2.44. The van der Waals surface area contributed by atoms with Crippen molar-refractivity contribution in [1.82, 2.24) is 19.7 Å². The van der Waals surface area contributed by atoms with Crippen LogP contribution in [0.3, 0.4) is 0 Å². The van der Waals surface area contributed by atoms with Gasteiger partial charge in [0.25, 0.3) is 11.8 Å². The summed E-state index contributed by atoms with van der Waals surface area (Å²) in [5, 5.41) is 18.9. The predicted octanol–water partition coefficient (Wildman–Crippen LogP) is 6.01. The Labute approximate surface area is 459 Å². The largest absolute Gasteiger partial charge is 0.490 e. The topological polar surface area (TPSA) is 263 Å². The highest BCUT2D eigenvalue weighted by atomic mass is 32.2. The Morgan fingerprint density at radius 3 is 1.95 bits per heavy atom. The summed E-state index contributed by atoms with van der Waals surface area (Å²) in [6.07, 6.45) is -0.861. The maximum absolute atomic E-state index is 15.2. The minimum Gasteiger partial charge on any atom is -0.481 e. The van der Waals surface area contributed by atoms with Gasteiger partial charge in [0.05, 0.1) is 64.5 Å². The number of nitrogens with one attached hydrogen (secondary N) is 1. The van der Waals surface area contributed by atoms with Gasteiger partial charge >= 0.3 is 18.1 Å². The minimum atomic E-state index is -5.08. The van der Waals surface area contributed by atoms with Crippen molar-refractivity contribution < 1.29 is 89.5 Å². The molecule has 4 rings (SSSR count). The monoisotopic (exact) mass is 1140 g/mol. The summed E-state index contributed by atoms with van der Waals surface area (Å²) >= 11 is 1.22. The molecule has 2 aromatic carbocycles. The molecule has 0 aliphatic carbocycles. The molecule has 4 amide bonds. The number of thioether (sulfide) groups is 1. The number of carbonyl (C=O) groups excluding carboxylic acids is 6. The zero-order valence-electron chi connectivity index (χ0n) is 44.4. The van der Waals surface area contributed by atoms with Gasteiger partial charge in [-0.15, -0.1) is 0 Å². The number of Topliss-reactive ketones (excluding diaryl/α,β-unsaturated/α-hetero) is 2. The Hall–Kier alpha value is -6.38. The van der Waals surface area contributed by atoms with Gasteiger partial charge in [0.2, 0.25) is 11.8 Å². The molecule has 1 aromatic heterocycles. The lowest BCUT2D eigenvalue weighted by atomic mass is 9.83. The minimum absolute atomic E-state index is 0.0352. The number of ketones is 2. The molecule has 0 unspecified atom stereocenters. The molecule has 2 atom stereocenters. The predicted molar refractivity (Wildman–Crippen MR) is 280 cm³/mol. The van der Waals surface area contributed by atoms with Gasteiger partial charge in [-0.05, 0) is 54.6 Å². The molecule has 0 saturated carbocycles. The molecule has 2 heterocycles. The molecule has 3 aromatic rings. The zero-order chi connectivity index (χ0) is 58.5. The molecule has 0 fully saturated rings. The summed E-state index contributed by atoms with van der Waals surface area (Å²) in [7, 11) is 0. The van der Waals surface area contributed by atoms with Crippen molar-refractivity contribution in [2.75, 3.05) is 90.5 Å². The van der Waals surface area contributed by atoms with Crippen molar-refractivity contribution in [3.05, 3.63) is 95.8 Å². The Kier molecular flexibility index (Phi) is 29.3. The van der Waals surface area contributed by atoms with E-state index in [9.17, 15) is 51.1 Å². The number of amides is 4. The molecule has 19 nitrogen and oxygen atoms in total. The molecular formula is C54H70F5N5O14S. The van der Waals surface area contributed by atoms with Crippen LogP contribution in [0.2, 0.25) is 0 Å². The average Bonchev–Trinajstić information content (AvgIpc) is 3.95. The van der Waals surface area contributed by atoms with E-state index in [2.05, 4.69) is 5.32 Å². The third-order valence-corrected chi connectivity index (χ3v) is 12.7. The fourth-order valence-corrected chi connectivity index (χ4v) is 8.94. The van der Waals surface area contributed by atoms with Crippen LogP contribution < -0.4 is 11.1 Å². The molecular weight excluding hydrogens is 1070 g/mol. The highest BCUT2D eigenvalue weighted by molar-refractivity contribution is 7.99. The number of hydrogen-bond donors (Lipinski definition) is 4. The van der Waals surface area contributed by atoms with Crippen LogP contribution >= 0.6 is 11.8 Å². The average molecular weight is 1140 g/mol. The van der Waals surface area contributed by atoms with Crippen LogP contribution in [-0.2, 0) is 63.8 Å². The Morgan fingerprint density at radius 2 is 1.38 bits per heavy atom. The highest BCUT2D eigenvalue weighted by Crippen LogP contribution is 2.41. The van der Waals surface area contributed by atoms with Gasteiger partial charge in [-0.3, -0.25) is 38.5 Å². The third-order valence-electron chi connectivity index (χ3n) is 11.6. The standard InChI is InChI=1S/C52H69F2N5O12S.C2HF3O2/c1-52(2,3)51(44-30-38(42-31-40(53)12-14-43(42)54)33-57(44)32-37-9-5-4-6-10-37)58(20-8-18-55)49(65)36-72-35-39(29-41(60)13-17-50(66)67)45(61)11-7-21-68-23-25-70-27-28-71-26-24-69-22-19-56-46(62)34-59-47(63)15-16-48(59)64;3-2(4,5)1(6)7/h4-6,9-10,12,14-16,30-31,33,39,51H,7-8,11,13,17-29,32,34-36,55H2,1-3H3,(H,56,62)(H,66,67);(H,6,7)/t39-,51-;/m0./s1. The van der Waals surface area contributed by atoms with Crippen LogP contribution in [0, 0.1) is 23.0 Å². The van der Waals surface area contributed by atoms with E-state index in [1.807, 2.05) is 55.7 Å². The van der Waals surface area contributed by atoms with Gasteiger partial charge in [0.1, 0.15) is 29.7 Å². The number of nitrogens with two attached hydrogens (primary N) is 1. The number of ether oxygens (including phenoxy) is 4. The molecule has 0 spiro atoms. The zero-order valence-corrected chi connectivity index (χ0v) is 45.3. The number of aliphatic carboxylic acids is 2. The summed E-state index contributed by atoms with van der Waals surface area (Å²) in [4.78, 5) is 98.7. The van der Waals surface area contributed by atoms with Crippen molar-refractivity contribution in [2.24, 2.45) is 17.1 Å². The summed E-state index contributed by atoms with van der Waals surface area (Å²) in [5.41, 5.74) is 7.65. The second-order valence-electron chi connectivity index (χ2n) is 19.0. The van der Waals surface area contributed by atoms with Gasteiger partial charge < -0.3 is 49.7 Å². The highest BCUT2D eigenvalue weighted by Gasteiger charge is 2.39. The number of carboxylic acid groups (broad SMARTS) is 2. The molecule has 0 bridgehead atoms. The van der Waals surface area contributed by atoms with Gasteiger partial charge in [-0.1, -0.05) is 51.1 Å². The first-order chi connectivity index (χ1) is 37.4. The van der Waals surface area contributed by atoms with Gasteiger partial charge in [-0.2, -0.15) is 24.9 Å². The van der Waals surface area contributed by atoms with Crippen LogP contribution in [0.4, 0.5) is 22.0 Å². The van der Waals surface area contributed by atoms with Crippen molar-refractivity contribution in [2.45, 2.75) is 78.1 Å². The summed E-state index contributed by atoms with van der Waals surface area (Å²) in [6.45, 7) is 9.08. The van der Waals surface area contributed by atoms with E-state index in [0.717, 1.165) is 40.8 Å². The van der Waals surface area contributed by atoms with E-state index in [1.165, 1.54) is 11.8 Å². The second-order valence-corrected chi connectivity index (χ2v) is 20.0. The Bertz CT molecular complexity index is 2490. The third kappa shape index (κ3) is 25.1. The van der Waals surface area contributed by atoms with E-state index in [4.69, 9.17) is 39.7 Å². The van der Waals surface area contributed by atoms with Crippen molar-refractivity contribution in [1.29, 1.82) is 0 Å². The molecule has 1 aliphatic heterocycles. The number of halogens is 5. The van der Waals surface area contributed by atoms with E-state index in [-0.39, 0.29) is 106 Å². The molecule has 436 valence electrons. The van der Waals surface area contributed by atoms with Crippen molar-refractivity contribution in [3.8, 4) is 11.1 Å². The number of imide groups is 1. The van der Waals surface area contributed by atoms with E-state index in [1.54, 1.807) is 17.2 Å². The first-order valence-electron chi connectivity index (χ1n) is 25.4. The van der Waals surface area contributed by atoms with Gasteiger partial charge in [-0.25, -0.2) is 13.6 Å². The van der Waals surface area contributed by atoms with Crippen LogP contribution in [0.5, 0.6) is 0 Å². The van der Waals surface area contributed by atoms with Gasteiger partial charge in [0, 0.05) is 92.3 Å². The molecule has 0 radical (unpaired) electrons. The smallest absolute Gasteiger partial charge is 0.481 e. The van der Waals surface area contributed by atoms with Crippen LogP contribution in [0.25, 0.3) is 11.1 Å². The second kappa shape index (κ2) is 34.6. The number of aromatic nitrogens is 1. The maximum Gasteiger partial charge on any atom is 0.490 e. The summed E-state index contributed by atoms with van der Waals surface area (Å²) < 4.78 is 85.5. The number of nitrogens with zero attached hydrogens (tertiary/aromatic N) is 3. The molecule has 5 N–H and O–H groups in total. The number of rotatable bonds is 36. The molecule has 0 saturated heterocycles. The maximum atomic E-state index is 15.2. The fraction of sp³-hybridized carbons (Fsp3) is 0.519. The lowest BCUT2D eigenvalue weighted by Gasteiger charge is -2.41. The normalized spacial score (nSPS) is 13.2. The molecule has 25 heteroatoms. The SMILES string of the molecule is CC(C)(C)[C@H](c1cc(-c2cc(F)ccc2F)cn1Cc1ccccc1)N(CCCN)C(=O)CSC[C@H](CC(=O)CCC(=O)O)C(=O)CCCOCCOCCOCCOCCNC(=O)CN1C(=O)C=CC1=O.O=C(O)C(F)(F)F. The summed E-state index contributed by atoms with van der Waals surface area (Å²) in [6, 6.07) is 14.2. The Morgan fingerprint density at radius 1 is 0.785 bits per heavy atom. The number of carboxylic acids is 2. The van der Waals surface area contributed by atoms with Crippen LogP contribution in [-0.4, -0.2) is 168 Å². The first kappa shape index (κ1) is 66.9. The number of alkyl halides is 3. The van der Waals surface area contributed by atoms with E-state index < -0.39 is 64.8 Å². The number of hydrogen-bond acceptors (Lipinski definition) is 14.